The van der Waals surface area contributed by atoms with Gasteiger partial charge in [-0.05, 0) is 62.4 Å². The molecule has 0 fully saturated rings. The maximum atomic E-state index is 13.0. The first-order valence-corrected chi connectivity index (χ1v) is 11.0. The fourth-order valence-corrected chi connectivity index (χ4v) is 3.48. The molecule has 4 rings (SSSR count). The van der Waals surface area contributed by atoms with Crippen LogP contribution in [0.15, 0.2) is 80.9 Å². The van der Waals surface area contributed by atoms with E-state index in [9.17, 15) is 14.4 Å². The zero-order valence-corrected chi connectivity index (χ0v) is 19.6. The number of hydrogen-bond acceptors (Lipinski definition) is 7. The molecule has 0 radical (unpaired) electrons. The fraction of sp³-hybridized carbons (Fsp3) is 0.240. The molecule has 10 heteroatoms. The van der Waals surface area contributed by atoms with Crippen LogP contribution < -0.4 is 21.2 Å². The van der Waals surface area contributed by atoms with E-state index in [1.54, 1.807) is 45.2 Å². The molecule has 0 spiro atoms. The summed E-state index contributed by atoms with van der Waals surface area (Å²) in [6.07, 6.45) is 1.50. The van der Waals surface area contributed by atoms with E-state index < -0.39 is 17.0 Å². The molecule has 0 saturated heterocycles. The van der Waals surface area contributed by atoms with Gasteiger partial charge in [0.05, 0.1) is 25.6 Å². The van der Waals surface area contributed by atoms with Crippen LogP contribution >= 0.6 is 0 Å². The minimum Gasteiger partial charge on any atom is -0.497 e. The number of hydrogen-bond donors (Lipinski definition) is 1. The third-order valence-corrected chi connectivity index (χ3v) is 5.52. The number of nitrogens with one attached hydrogen (secondary N) is 1. The minimum absolute atomic E-state index is 0.133. The van der Waals surface area contributed by atoms with Gasteiger partial charge in [-0.3, -0.25) is 14.4 Å². The van der Waals surface area contributed by atoms with E-state index in [0.717, 1.165) is 16.0 Å². The van der Waals surface area contributed by atoms with Crippen LogP contribution in [0.5, 0.6) is 5.75 Å². The number of carbonyl (C=O) groups is 1. The summed E-state index contributed by atoms with van der Waals surface area (Å²) in [5.41, 5.74) is -0.133. The molecular formula is C25H25N5O5. The molecule has 1 N–H and O–H groups in total. The van der Waals surface area contributed by atoms with Gasteiger partial charge in [0.15, 0.2) is 5.76 Å². The van der Waals surface area contributed by atoms with Crippen LogP contribution in [-0.2, 0) is 16.9 Å². The lowest BCUT2D eigenvalue weighted by molar-refractivity contribution is -0.129. The first-order valence-electron chi connectivity index (χ1n) is 11.0. The van der Waals surface area contributed by atoms with Gasteiger partial charge >= 0.3 is 0 Å². The lowest BCUT2D eigenvalue weighted by Gasteiger charge is -2.25. The van der Waals surface area contributed by atoms with Gasteiger partial charge in [0.1, 0.15) is 17.0 Å². The second kappa shape index (κ2) is 9.80. The summed E-state index contributed by atoms with van der Waals surface area (Å²) in [6.45, 7) is 3.47. The van der Waals surface area contributed by atoms with Crippen molar-refractivity contribution >= 4 is 5.91 Å². The van der Waals surface area contributed by atoms with Crippen molar-refractivity contribution in [3.8, 4) is 28.5 Å². The van der Waals surface area contributed by atoms with Gasteiger partial charge in [0, 0.05) is 24.2 Å². The van der Waals surface area contributed by atoms with Crippen molar-refractivity contribution < 1.29 is 13.9 Å². The fourth-order valence-electron chi connectivity index (χ4n) is 3.48. The minimum atomic E-state index is -1.29. The number of methoxy groups -OCH3 is 1. The summed E-state index contributed by atoms with van der Waals surface area (Å²) in [7, 11) is 1.59. The number of benzene rings is 1. The van der Waals surface area contributed by atoms with Gasteiger partial charge in [0.25, 0.3) is 11.1 Å². The van der Waals surface area contributed by atoms with E-state index in [-0.39, 0.29) is 18.6 Å². The molecule has 35 heavy (non-hydrogen) atoms. The Morgan fingerprint density at radius 3 is 2.37 bits per heavy atom. The van der Waals surface area contributed by atoms with Crippen LogP contribution in [-0.4, -0.2) is 39.1 Å². The van der Waals surface area contributed by atoms with E-state index in [0.29, 0.717) is 17.1 Å². The Morgan fingerprint density at radius 2 is 1.69 bits per heavy atom. The van der Waals surface area contributed by atoms with Gasteiger partial charge in [-0.15, -0.1) is 0 Å². The highest BCUT2D eigenvalue weighted by molar-refractivity contribution is 5.83. The Kier molecular flexibility index (Phi) is 6.63. The molecule has 0 aliphatic heterocycles. The number of rotatable bonds is 8. The summed E-state index contributed by atoms with van der Waals surface area (Å²) in [5.74, 6) is 0.774. The van der Waals surface area contributed by atoms with Crippen molar-refractivity contribution in [2.24, 2.45) is 0 Å². The SMILES string of the molecule is COc1ccc(-c2ccc(=O)n(CCNC(=O)C(C)(C)n3nc(-c4ccco4)ccc3=O)n2)cc1. The third-order valence-electron chi connectivity index (χ3n) is 5.52. The molecule has 180 valence electrons. The first kappa shape index (κ1) is 23.7. The first-order chi connectivity index (χ1) is 16.8. The Bertz CT molecular complexity index is 1440. The second-order valence-electron chi connectivity index (χ2n) is 8.27. The van der Waals surface area contributed by atoms with Gasteiger partial charge in [-0.25, -0.2) is 9.36 Å². The molecule has 0 saturated carbocycles. The van der Waals surface area contributed by atoms with Crippen molar-refractivity contribution in [1.29, 1.82) is 0 Å². The monoisotopic (exact) mass is 475 g/mol. The predicted molar refractivity (Wildman–Crippen MR) is 129 cm³/mol. The topological polar surface area (TPSA) is 121 Å². The van der Waals surface area contributed by atoms with Crippen LogP contribution in [0.1, 0.15) is 13.8 Å². The average Bonchev–Trinajstić information content (AvgIpc) is 3.40. The Hall–Kier alpha value is -4.47. The van der Waals surface area contributed by atoms with E-state index in [2.05, 4.69) is 15.5 Å². The number of aromatic nitrogens is 4. The molecule has 1 amide bonds. The van der Waals surface area contributed by atoms with Gasteiger partial charge in [0.2, 0.25) is 5.91 Å². The molecule has 0 unspecified atom stereocenters. The maximum absolute atomic E-state index is 13.0. The van der Waals surface area contributed by atoms with Crippen LogP contribution in [0.4, 0.5) is 0 Å². The molecule has 3 heterocycles. The highest BCUT2D eigenvalue weighted by Gasteiger charge is 2.32. The quantitative estimate of drug-likeness (QED) is 0.415. The summed E-state index contributed by atoms with van der Waals surface area (Å²) in [4.78, 5) is 37.8. The Morgan fingerprint density at radius 1 is 0.971 bits per heavy atom. The zero-order chi connectivity index (χ0) is 25.0. The number of nitrogens with zero attached hydrogens (tertiary/aromatic N) is 4. The molecular weight excluding hydrogens is 450 g/mol. The van der Waals surface area contributed by atoms with Gasteiger partial charge in [-0.1, -0.05) is 0 Å². The maximum Gasteiger partial charge on any atom is 0.267 e. The van der Waals surface area contributed by atoms with Crippen LogP contribution in [0.3, 0.4) is 0 Å². The van der Waals surface area contributed by atoms with Crippen molar-refractivity contribution in [2.75, 3.05) is 13.7 Å². The summed E-state index contributed by atoms with van der Waals surface area (Å²) >= 11 is 0. The zero-order valence-electron chi connectivity index (χ0n) is 19.6. The lowest BCUT2D eigenvalue weighted by Crippen LogP contribution is -2.50. The number of carbonyl (C=O) groups excluding carboxylic acids is 1. The highest BCUT2D eigenvalue weighted by atomic mass is 16.5. The van der Waals surface area contributed by atoms with Crippen molar-refractivity contribution in [3.63, 3.8) is 0 Å². The molecule has 0 atom stereocenters. The summed E-state index contributed by atoms with van der Waals surface area (Å²) < 4.78 is 12.9. The normalized spacial score (nSPS) is 11.3. The molecule has 0 bridgehead atoms. The van der Waals surface area contributed by atoms with Crippen LogP contribution in [0.25, 0.3) is 22.7 Å². The van der Waals surface area contributed by atoms with E-state index >= 15 is 0 Å². The van der Waals surface area contributed by atoms with Crippen molar-refractivity contribution in [1.82, 2.24) is 24.9 Å². The van der Waals surface area contributed by atoms with Crippen LogP contribution in [0, 0.1) is 0 Å². The van der Waals surface area contributed by atoms with Gasteiger partial charge in [-0.2, -0.15) is 10.2 Å². The third kappa shape index (κ3) is 5.06. The van der Waals surface area contributed by atoms with Crippen molar-refractivity contribution in [3.05, 3.63) is 87.6 Å². The second-order valence-corrected chi connectivity index (χ2v) is 8.27. The Balaban J connectivity index is 1.47. The van der Waals surface area contributed by atoms with E-state index in [4.69, 9.17) is 9.15 Å². The van der Waals surface area contributed by atoms with Gasteiger partial charge < -0.3 is 14.5 Å². The van der Waals surface area contributed by atoms with E-state index in [1.165, 1.54) is 23.1 Å². The average molecular weight is 476 g/mol. The number of furan rings is 1. The van der Waals surface area contributed by atoms with Crippen molar-refractivity contribution in [2.45, 2.75) is 25.9 Å². The Labute approximate surface area is 200 Å². The number of ether oxygens (including phenoxy) is 1. The molecule has 3 aromatic heterocycles. The molecule has 4 aromatic rings. The van der Waals surface area contributed by atoms with Crippen LogP contribution in [0.2, 0.25) is 0 Å². The molecule has 1 aromatic carbocycles. The predicted octanol–water partition coefficient (Wildman–Crippen LogP) is 2.29. The molecule has 0 aliphatic rings. The molecule has 0 aliphatic carbocycles. The largest absolute Gasteiger partial charge is 0.497 e. The standard InChI is InChI=1S/C25H25N5O5/c1-25(2,30-23(32)13-11-20(28-30)21-5-4-16-35-21)24(33)26-14-15-29-22(31)12-10-19(27-29)17-6-8-18(34-3)9-7-17/h4-13,16H,14-15H2,1-3H3,(H,26,33). The van der Waals surface area contributed by atoms with E-state index in [1.807, 2.05) is 24.3 Å². The number of amides is 1. The molecule has 10 nitrogen and oxygen atoms in total. The highest BCUT2D eigenvalue weighted by Crippen LogP contribution is 2.20. The lowest BCUT2D eigenvalue weighted by atomic mass is 10.0. The smallest absolute Gasteiger partial charge is 0.267 e. The summed E-state index contributed by atoms with van der Waals surface area (Å²) in [6, 6.07) is 16.7. The summed E-state index contributed by atoms with van der Waals surface area (Å²) in [5, 5.41) is 11.5.